The van der Waals surface area contributed by atoms with E-state index >= 15 is 0 Å². The lowest BCUT2D eigenvalue weighted by Crippen LogP contribution is -2.47. The largest absolute Gasteiger partial charge is 0.372 e. The van der Waals surface area contributed by atoms with Crippen molar-refractivity contribution in [3.63, 3.8) is 0 Å². The van der Waals surface area contributed by atoms with Crippen molar-refractivity contribution in [3.05, 3.63) is 29.8 Å². The quantitative estimate of drug-likeness (QED) is 0.839. The average Bonchev–Trinajstić information content (AvgIpc) is 2.50. The minimum atomic E-state index is 0.385. The van der Waals surface area contributed by atoms with E-state index < -0.39 is 0 Å². The molecule has 0 amide bonds. The molecular formula is C18H30N2. The molecule has 2 nitrogen and oxygen atoms in total. The summed E-state index contributed by atoms with van der Waals surface area (Å²) in [6.45, 7) is 6.65. The van der Waals surface area contributed by atoms with E-state index in [2.05, 4.69) is 55.4 Å². The molecule has 20 heavy (non-hydrogen) atoms. The molecule has 0 aliphatic heterocycles. The maximum atomic E-state index is 3.63. The van der Waals surface area contributed by atoms with Crippen LogP contribution in [-0.4, -0.2) is 25.7 Å². The summed E-state index contributed by atoms with van der Waals surface area (Å²) in [5.74, 6) is 0. The maximum absolute atomic E-state index is 3.63. The van der Waals surface area contributed by atoms with Crippen molar-refractivity contribution < 1.29 is 0 Å². The van der Waals surface area contributed by atoms with Crippen LogP contribution in [0.4, 0.5) is 5.69 Å². The molecule has 1 aliphatic rings. The molecule has 2 heteroatoms. The Labute approximate surface area is 124 Å². The molecule has 0 radical (unpaired) electrons. The predicted octanol–water partition coefficient (Wildman–Crippen LogP) is 4.13. The summed E-state index contributed by atoms with van der Waals surface area (Å²) >= 11 is 0. The summed E-state index contributed by atoms with van der Waals surface area (Å²) < 4.78 is 0. The van der Waals surface area contributed by atoms with Crippen molar-refractivity contribution in [3.8, 4) is 0 Å². The lowest BCUT2D eigenvalue weighted by molar-refractivity contribution is 0.232. The number of hydrogen-bond donors (Lipinski definition) is 1. The molecule has 112 valence electrons. The fourth-order valence-electron chi connectivity index (χ4n) is 3.43. The predicted molar refractivity (Wildman–Crippen MR) is 88.6 cm³/mol. The second-order valence-electron chi connectivity index (χ2n) is 6.26. The van der Waals surface area contributed by atoms with Crippen molar-refractivity contribution in [1.82, 2.24) is 5.32 Å². The Hall–Kier alpha value is -1.02. The number of hydrogen-bond acceptors (Lipinski definition) is 2. The van der Waals surface area contributed by atoms with Gasteiger partial charge in [-0.1, -0.05) is 37.0 Å². The third-order valence-corrected chi connectivity index (χ3v) is 4.98. The third-order valence-electron chi connectivity index (χ3n) is 4.98. The molecule has 1 aromatic carbocycles. The molecule has 1 aromatic rings. The van der Waals surface area contributed by atoms with Crippen LogP contribution in [0.5, 0.6) is 0 Å². The van der Waals surface area contributed by atoms with Gasteiger partial charge in [-0.05, 0) is 52.3 Å². The first-order valence-corrected chi connectivity index (χ1v) is 8.20. The summed E-state index contributed by atoms with van der Waals surface area (Å²) in [6, 6.07) is 8.94. The van der Waals surface area contributed by atoms with E-state index in [1.165, 1.54) is 49.8 Å². The number of nitrogens with one attached hydrogen (secondary N) is 1. The Kier molecular flexibility index (Phi) is 5.47. The highest BCUT2D eigenvalue weighted by Crippen LogP contribution is 2.31. The van der Waals surface area contributed by atoms with E-state index in [0.717, 1.165) is 13.1 Å². The highest BCUT2D eigenvalue weighted by atomic mass is 15.1. The Morgan fingerprint density at radius 1 is 1.10 bits per heavy atom. The highest BCUT2D eigenvalue weighted by molar-refractivity contribution is 5.47. The van der Waals surface area contributed by atoms with Crippen molar-refractivity contribution >= 4 is 5.69 Å². The molecule has 2 rings (SSSR count). The molecule has 0 spiro atoms. The summed E-state index contributed by atoms with van der Waals surface area (Å²) in [5.41, 5.74) is 3.08. The second-order valence-corrected chi connectivity index (χ2v) is 6.26. The van der Waals surface area contributed by atoms with Gasteiger partial charge in [-0.25, -0.2) is 0 Å². The molecular weight excluding hydrogens is 244 g/mol. The van der Waals surface area contributed by atoms with Crippen molar-refractivity contribution in [1.29, 1.82) is 0 Å². The summed E-state index contributed by atoms with van der Waals surface area (Å²) in [6.07, 6.45) is 8.13. The minimum Gasteiger partial charge on any atom is -0.372 e. The summed E-state index contributed by atoms with van der Waals surface area (Å²) in [4.78, 5) is 2.51. The fourth-order valence-corrected chi connectivity index (χ4v) is 3.43. The van der Waals surface area contributed by atoms with E-state index in [-0.39, 0.29) is 0 Å². The smallest absolute Gasteiger partial charge is 0.0366 e. The molecule has 0 unspecified atom stereocenters. The zero-order chi connectivity index (χ0) is 14.4. The van der Waals surface area contributed by atoms with Gasteiger partial charge in [0.2, 0.25) is 0 Å². The zero-order valence-electron chi connectivity index (χ0n) is 13.4. The van der Waals surface area contributed by atoms with Gasteiger partial charge in [-0.2, -0.15) is 0 Å². The average molecular weight is 274 g/mol. The van der Waals surface area contributed by atoms with Crippen LogP contribution in [-0.2, 0) is 0 Å². The Balaban J connectivity index is 1.97. The minimum absolute atomic E-state index is 0.385. The SMILES string of the molecule is CCN(CCC1(NC)CCCCC1)c1ccc(C)cc1. The van der Waals surface area contributed by atoms with Crippen LogP contribution >= 0.6 is 0 Å². The van der Waals surface area contributed by atoms with E-state index in [4.69, 9.17) is 0 Å². The fraction of sp³-hybridized carbons (Fsp3) is 0.667. The van der Waals surface area contributed by atoms with Crippen molar-refractivity contribution in [2.24, 2.45) is 0 Å². The van der Waals surface area contributed by atoms with Crippen molar-refractivity contribution in [2.75, 3.05) is 25.0 Å². The molecule has 0 aromatic heterocycles. The van der Waals surface area contributed by atoms with Crippen LogP contribution in [0.1, 0.15) is 51.0 Å². The molecule has 1 N–H and O–H groups in total. The van der Waals surface area contributed by atoms with Gasteiger partial charge in [0, 0.05) is 24.3 Å². The topological polar surface area (TPSA) is 15.3 Å². The van der Waals surface area contributed by atoms with Gasteiger partial charge in [0.15, 0.2) is 0 Å². The monoisotopic (exact) mass is 274 g/mol. The van der Waals surface area contributed by atoms with E-state index in [1.54, 1.807) is 0 Å². The van der Waals surface area contributed by atoms with Gasteiger partial charge in [-0.3, -0.25) is 0 Å². The molecule has 0 heterocycles. The molecule has 0 saturated heterocycles. The van der Waals surface area contributed by atoms with Crippen molar-refractivity contribution in [2.45, 2.75) is 57.9 Å². The van der Waals surface area contributed by atoms with Crippen LogP contribution in [0.25, 0.3) is 0 Å². The first-order chi connectivity index (χ1) is 9.69. The van der Waals surface area contributed by atoms with Crippen LogP contribution < -0.4 is 10.2 Å². The van der Waals surface area contributed by atoms with Crippen LogP contribution in [0.15, 0.2) is 24.3 Å². The lowest BCUT2D eigenvalue weighted by Gasteiger charge is -2.39. The number of benzene rings is 1. The summed E-state index contributed by atoms with van der Waals surface area (Å²) in [7, 11) is 2.15. The van der Waals surface area contributed by atoms with Gasteiger partial charge >= 0.3 is 0 Å². The highest BCUT2D eigenvalue weighted by Gasteiger charge is 2.30. The van der Waals surface area contributed by atoms with Gasteiger partial charge in [-0.15, -0.1) is 0 Å². The maximum Gasteiger partial charge on any atom is 0.0366 e. The molecule has 0 bridgehead atoms. The third kappa shape index (κ3) is 3.76. The number of anilines is 1. The standard InChI is InChI=1S/C18H30N2/c1-4-20(17-10-8-16(2)9-11-17)15-14-18(19-3)12-6-5-7-13-18/h8-11,19H,4-7,12-15H2,1-3H3. The van der Waals surface area contributed by atoms with Gasteiger partial charge in [0.05, 0.1) is 0 Å². The Morgan fingerprint density at radius 3 is 2.30 bits per heavy atom. The second kappa shape index (κ2) is 7.12. The number of rotatable bonds is 6. The normalized spacial score (nSPS) is 17.9. The number of aryl methyl sites for hydroxylation is 1. The Morgan fingerprint density at radius 2 is 1.75 bits per heavy atom. The zero-order valence-corrected chi connectivity index (χ0v) is 13.4. The van der Waals surface area contributed by atoms with Gasteiger partial charge in [0.25, 0.3) is 0 Å². The van der Waals surface area contributed by atoms with E-state index in [1.807, 2.05) is 0 Å². The Bertz CT molecular complexity index is 390. The van der Waals surface area contributed by atoms with Crippen LogP contribution in [0.2, 0.25) is 0 Å². The van der Waals surface area contributed by atoms with Crippen LogP contribution in [0, 0.1) is 6.92 Å². The van der Waals surface area contributed by atoms with E-state index in [0.29, 0.717) is 5.54 Å². The first-order valence-electron chi connectivity index (χ1n) is 8.20. The molecule has 1 fully saturated rings. The van der Waals surface area contributed by atoms with E-state index in [9.17, 15) is 0 Å². The van der Waals surface area contributed by atoms with Gasteiger partial charge < -0.3 is 10.2 Å². The first kappa shape index (κ1) is 15.4. The molecule has 0 atom stereocenters. The number of nitrogens with zero attached hydrogens (tertiary/aromatic N) is 1. The molecule has 1 saturated carbocycles. The lowest BCUT2D eigenvalue weighted by atomic mass is 9.79. The van der Waals surface area contributed by atoms with Gasteiger partial charge in [0.1, 0.15) is 0 Å². The summed E-state index contributed by atoms with van der Waals surface area (Å²) in [5, 5.41) is 3.63. The molecule has 1 aliphatic carbocycles. The van der Waals surface area contributed by atoms with Crippen LogP contribution in [0.3, 0.4) is 0 Å².